The van der Waals surface area contributed by atoms with Crippen LogP contribution in [0.2, 0.25) is 0 Å². The molecule has 4 aromatic rings. The third kappa shape index (κ3) is 5.85. The molecule has 1 unspecified atom stereocenters. The van der Waals surface area contributed by atoms with Gasteiger partial charge in [-0.05, 0) is 56.2 Å². The van der Waals surface area contributed by atoms with E-state index in [0.717, 1.165) is 11.1 Å². The van der Waals surface area contributed by atoms with Crippen LogP contribution in [-0.2, 0) is 16.1 Å². The highest BCUT2D eigenvalue weighted by Gasteiger charge is 2.33. The number of hydrogen-bond acceptors (Lipinski definition) is 7. The summed E-state index contributed by atoms with van der Waals surface area (Å²) < 4.78 is 33.1. The number of halogens is 1. The van der Waals surface area contributed by atoms with Crippen LogP contribution in [-0.4, -0.2) is 23.8 Å². The molecule has 1 aliphatic heterocycles. The first-order valence-corrected chi connectivity index (χ1v) is 14.1. The lowest BCUT2D eigenvalue weighted by Gasteiger charge is -2.24. The van der Waals surface area contributed by atoms with Gasteiger partial charge in [-0.2, -0.15) is 0 Å². The molecule has 0 fully saturated rings. The molecule has 1 aromatic heterocycles. The molecule has 1 aliphatic rings. The second kappa shape index (κ2) is 12.3. The van der Waals surface area contributed by atoms with E-state index >= 15 is 0 Å². The van der Waals surface area contributed by atoms with Crippen LogP contribution in [0, 0.1) is 5.82 Å². The molecule has 7 nitrogen and oxygen atoms in total. The van der Waals surface area contributed by atoms with Crippen molar-refractivity contribution in [2.75, 3.05) is 13.2 Å². The van der Waals surface area contributed by atoms with Gasteiger partial charge in [0.2, 0.25) is 0 Å². The predicted molar refractivity (Wildman–Crippen MR) is 155 cm³/mol. The Balaban J connectivity index is 1.55. The lowest BCUT2D eigenvalue weighted by molar-refractivity contribution is -0.139. The quantitative estimate of drug-likeness (QED) is 0.266. The van der Waals surface area contributed by atoms with E-state index < -0.39 is 12.0 Å². The van der Waals surface area contributed by atoms with Gasteiger partial charge in [0.05, 0.1) is 35.1 Å². The van der Waals surface area contributed by atoms with Gasteiger partial charge in [0.15, 0.2) is 16.3 Å². The number of rotatable bonds is 9. The Bertz CT molecular complexity index is 1790. The van der Waals surface area contributed by atoms with Gasteiger partial charge in [-0.15, -0.1) is 0 Å². The summed E-state index contributed by atoms with van der Waals surface area (Å²) in [5.74, 6) is 0.109. The molecule has 0 bridgehead atoms. The second-order valence-corrected chi connectivity index (χ2v) is 10.2. The van der Waals surface area contributed by atoms with Crippen molar-refractivity contribution in [1.29, 1.82) is 0 Å². The maximum atomic E-state index is 14.1. The summed E-state index contributed by atoms with van der Waals surface area (Å²) in [7, 11) is 0. The third-order valence-electron chi connectivity index (χ3n) is 6.54. The monoisotopic (exact) mass is 572 g/mol. The van der Waals surface area contributed by atoms with E-state index in [9.17, 15) is 14.0 Å². The van der Waals surface area contributed by atoms with Gasteiger partial charge in [0.1, 0.15) is 12.4 Å². The van der Waals surface area contributed by atoms with Gasteiger partial charge in [0, 0.05) is 5.56 Å². The van der Waals surface area contributed by atoms with Gasteiger partial charge in [0.25, 0.3) is 5.56 Å². The molecule has 0 N–H and O–H groups in total. The first-order valence-electron chi connectivity index (χ1n) is 13.3. The smallest absolute Gasteiger partial charge is 0.338 e. The molecular formula is C32H29FN2O5S. The minimum Gasteiger partial charge on any atom is -0.490 e. The van der Waals surface area contributed by atoms with Crippen LogP contribution >= 0.6 is 11.3 Å². The number of esters is 1. The van der Waals surface area contributed by atoms with E-state index in [-0.39, 0.29) is 24.6 Å². The summed E-state index contributed by atoms with van der Waals surface area (Å²) in [6.45, 7) is 6.02. The van der Waals surface area contributed by atoms with E-state index in [1.54, 1.807) is 60.9 Å². The van der Waals surface area contributed by atoms with Gasteiger partial charge in [-0.3, -0.25) is 9.36 Å². The second-order valence-electron chi connectivity index (χ2n) is 9.23. The molecule has 0 amide bonds. The summed E-state index contributed by atoms with van der Waals surface area (Å²) in [4.78, 5) is 31.9. The topological polar surface area (TPSA) is 79.1 Å². The number of hydrogen-bond donors (Lipinski definition) is 0. The number of fused-ring (bicyclic) bond motifs is 1. The zero-order valence-electron chi connectivity index (χ0n) is 22.9. The van der Waals surface area contributed by atoms with Gasteiger partial charge < -0.3 is 14.2 Å². The Morgan fingerprint density at radius 2 is 1.76 bits per heavy atom. The summed E-state index contributed by atoms with van der Waals surface area (Å²) in [6.07, 6.45) is 1.76. The predicted octanol–water partition coefficient (Wildman–Crippen LogP) is 4.92. The minimum atomic E-state index is -0.665. The van der Waals surface area contributed by atoms with E-state index in [1.807, 2.05) is 37.3 Å². The SMILES string of the molecule is CCOC(=O)C1=C(C)N=c2sc(=Cc3ccc(OCc4ccccc4F)c(OCC)c3)c(=O)n2C1c1ccccc1. The Morgan fingerprint density at radius 1 is 1.00 bits per heavy atom. The molecule has 0 spiro atoms. The van der Waals surface area contributed by atoms with Gasteiger partial charge in [-0.25, -0.2) is 14.2 Å². The number of thiazole rings is 1. The van der Waals surface area contributed by atoms with E-state index in [4.69, 9.17) is 14.2 Å². The van der Waals surface area contributed by atoms with Crippen LogP contribution in [0.1, 0.15) is 43.5 Å². The summed E-state index contributed by atoms with van der Waals surface area (Å²) >= 11 is 1.25. The highest BCUT2D eigenvalue weighted by atomic mass is 32.1. The molecule has 41 heavy (non-hydrogen) atoms. The first kappa shape index (κ1) is 28.0. The third-order valence-corrected chi connectivity index (χ3v) is 7.52. The van der Waals surface area contributed by atoms with E-state index in [2.05, 4.69) is 4.99 Å². The maximum Gasteiger partial charge on any atom is 0.338 e. The lowest BCUT2D eigenvalue weighted by Crippen LogP contribution is -2.39. The van der Waals surface area contributed by atoms with Crippen molar-refractivity contribution in [1.82, 2.24) is 4.57 Å². The Labute approximate surface area is 240 Å². The fourth-order valence-corrected chi connectivity index (χ4v) is 5.71. The average molecular weight is 573 g/mol. The van der Waals surface area contributed by atoms with Crippen LogP contribution in [0.25, 0.3) is 6.08 Å². The number of benzene rings is 3. The van der Waals surface area contributed by atoms with Crippen LogP contribution in [0.3, 0.4) is 0 Å². The van der Waals surface area contributed by atoms with Crippen molar-refractivity contribution in [3.63, 3.8) is 0 Å². The molecular weight excluding hydrogens is 543 g/mol. The molecule has 0 saturated heterocycles. The van der Waals surface area contributed by atoms with Crippen LogP contribution < -0.4 is 24.4 Å². The molecule has 0 saturated carbocycles. The number of carbonyl (C=O) groups excluding carboxylic acids is 1. The zero-order valence-corrected chi connectivity index (χ0v) is 23.7. The highest BCUT2D eigenvalue weighted by Crippen LogP contribution is 2.31. The highest BCUT2D eigenvalue weighted by molar-refractivity contribution is 7.07. The number of ether oxygens (including phenoxy) is 3. The van der Waals surface area contributed by atoms with Crippen LogP contribution in [0.15, 0.2) is 93.9 Å². The van der Waals surface area contributed by atoms with Crippen LogP contribution in [0.5, 0.6) is 11.5 Å². The van der Waals surface area contributed by atoms with Crippen LogP contribution in [0.4, 0.5) is 4.39 Å². The lowest BCUT2D eigenvalue weighted by atomic mass is 9.96. The standard InChI is InChI=1S/C32H29FN2O5S/c1-4-38-26-17-21(15-16-25(26)40-19-23-13-9-10-14-24(23)33)18-27-30(36)35-29(22-11-7-6-8-12-22)28(31(37)39-5-2)20(3)34-32(35)41-27/h6-18,29H,4-5,19H2,1-3H3. The number of allylic oxidation sites excluding steroid dienone is 1. The van der Waals surface area contributed by atoms with Gasteiger partial charge >= 0.3 is 5.97 Å². The molecule has 9 heteroatoms. The fourth-order valence-electron chi connectivity index (χ4n) is 4.67. The normalized spacial score (nSPS) is 14.8. The van der Waals surface area contributed by atoms with Crippen molar-refractivity contribution in [3.05, 3.63) is 126 Å². The molecule has 5 rings (SSSR count). The number of nitrogens with zero attached hydrogens (tertiary/aromatic N) is 2. The van der Waals surface area contributed by atoms with Crippen molar-refractivity contribution < 1.29 is 23.4 Å². The Morgan fingerprint density at radius 3 is 2.49 bits per heavy atom. The summed E-state index contributed by atoms with van der Waals surface area (Å²) in [5, 5.41) is 0. The molecule has 0 aliphatic carbocycles. The number of aromatic nitrogens is 1. The largest absolute Gasteiger partial charge is 0.490 e. The molecule has 0 radical (unpaired) electrons. The van der Waals surface area contributed by atoms with E-state index in [0.29, 0.717) is 44.3 Å². The van der Waals surface area contributed by atoms with Crippen molar-refractivity contribution >= 4 is 23.4 Å². The summed E-state index contributed by atoms with van der Waals surface area (Å²) in [6, 6.07) is 20.5. The fraction of sp³-hybridized carbons (Fsp3) is 0.219. The summed E-state index contributed by atoms with van der Waals surface area (Å²) in [5.41, 5.74) is 2.52. The van der Waals surface area contributed by atoms with Crippen molar-refractivity contribution in [2.45, 2.75) is 33.4 Å². The molecule has 2 heterocycles. The average Bonchev–Trinajstić information content (AvgIpc) is 3.27. The van der Waals surface area contributed by atoms with Crippen molar-refractivity contribution in [2.24, 2.45) is 4.99 Å². The van der Waals surface area contributed by atoms with E-state index in [1.165, 1.54) is 17.4 Å². The maximum absolute atomic E-state index is 14.1. The Kier molecular flexibility index (Phi) is 8.45. The zero-order chi connectivity index (χ0) is 28.9. The first-order chi connectivity index (χ1) is 19.9. The van der Waals surface area contributed by atoms with Crippen molar-refractivity contribution in [3.8, 4) is 11.5 Å². The molecule has 210 valence electrons. The number of carbonyl (C=O) groups is 1. The molecule has 1 atom stereocenters. The minimum absolute atomic E-state index is 0.0479. The van der Waals surface area contributed by atoms with Gasteiger partial charge in [-0.1, -0.05) is 65.9 Å². The molecule has 3 aromatic carbocycles. The Hall–Kier alpha value is -4.50.